The van der Waals surface area contributed by atoms with Gasteiger partial charge in [-0.15, -0.1) is 6.58 Å². The van der Waals surface area contributed by atoms with Crippen molar-refractivity contribution in [1.29, 1.82) is 0 Å². The fourth-order valence-corrected chi connectivity index (χ4v) is 2.88. The molecule has 1 rings (SSSR count). The number of allylic oxidation sites excluding steroid dienone is 3. The molecule has 0 saturated heterocycles. The van der Waals surface area contributed by atoms with Crippen LogP contribution in [0.15, 0.2) is 49.1 Å². The molecule has 0 fully saturated rings. The predicted molar refractivity (Wildman–Crippen MR) is 102 cm³/mol. The molecule has 3 heteroatoms. The van der Waals surface area contributed by atoms with Gasteiger partial charge in [-0.05, 0) is 49.3 Å². The Morgan fingerprint density at radius 2 is 1.80 bits per heavy atom. The topological polar surface area (TPSA) is 43.4 Å². The van der Waals surface area contributed by atoms with Crippen molar-refractivity contribution in [3.8, 4) is 0 Å². The van der Waals surface area contributed by atoms with Crippen molar-refractivity contribution in [3.63, 3.8) is 0 Å². The lowest BCUT2D eigenvalue weighted by Gasteiger charge is -2.20. The van der Waals surface area contributed by atoms with E-state index in [0.29, 0.717) is 12.8 Å². The van der Waals surface area contributed by atoms with Crippen LogP contribution in [0.2, 0.25) is 0 Å². The molecule has 136 valence electrons. The molecule has 0 aromatic heterocycles. The quantitative estimate of drug-likeness (QED) is 0.321. The van der Waals surface area contributed by atoms with Crippen LogP contribution in [0.3, 0.4) is 0 Å². The third kappa shape index (κ3) is 7.08. The van der Waals surface area contributed by atoms with Crippen LogP contribution in [-0.4, -0.2) is 11.8 Å². The van der Waals surface area contributed by atoms with E-state index in [1.807, 2.05) is 26.0 Å². The second-order valence-corrected chi connectivity index (χ2v) is 6.19. The van der Waals surface area contributed by atoms with Gasteiger partial charge in [0.15, 0.2) is 5.78 Å². The SMILES string of the molecule is C=CC(CCC(=O)OCc1ccc(CC)cc1)C(CC)C(=O)C=CC. The van der Waals surface area contributed by atoms with Gasteiger partial charge in [0, 0.05) is 12.3 Å². The summed E-state index contributed by atoms with van der Waals surface area (Å²) < 4.78 is 5.35. The summed E-state index contributed by atoms with van der Waals surface area (Å²) in [5.41, 5.74) is 2.25. The van der Waals surface area contributed by atoms with Gasteiger partial charge in [0.2, 0.25) is 0 Å². The summed E-state index contributed by atoms with van der Waals surface area (Å²) in [7, 11) is 0. The fourth-order valence-electron chi connectivity index (χ4n) is 2.88. The summed E-state index contributed by atoms with van der Waals surface area (Å²) >= 11 is 0. The highest BCUT2D eigenvalue weighted by molar-refractivity contribution is 5.92. The highest BCUT2D eigenvalue weighted by atomic mass is 16.5. The van der Waals surface area contributed by atoms with Gasteiger partial charge >= 0.3 is 5.97 Å². The third-order valence-electron chi connectivity index (χ3n) is 4.47. The Hall–Kier alpha value is -2.16. The number of ketones is 1. The van der Waals surface area contributed by atoms with E-state index in [1.54, 1.807) is 18.2 Å². The van der Waals surface area contributed by atoms with Gasteiger partial charge in [-0.3, -0.25) is 9.59 Å². The molecule has 0 N–H and O–H groups in total. The highest BCUT2D eigenvalue weighted by Gasteiger charge is 2.23. The summed E-state index contributed by atoms with van der Waals surface area (Å²) in [6.07, 6.45) is 7.74. The number of ether oxygens (including phenoxy) is 1. The number of hydrogen-bond donors (Lipinski definition) is 0. The van der Waals surface area contributed by atoms with Crippen molar-refractivity contribution in [2.75, 3.05) is 0 Å². The summed E-state index contributed by atoms with van der Waals surface area (Å²) in [5.74, 6) is -0.271. The maximum absolute atomic E-state index is 12.1. The van der Waals surface area contributed by atoms with E-state index in [-0.39, 0.29) is 30.2 Å². The zero-order valence-electron chi connectivity index (χ0n) is 15.7. The summed E-state index contributed by atoms with van der Waals surface area (Å²) in [4.78, 5) is 24.1. The molecule has 0 aliphatic carbocycles. The number of carbonyl (C=O) groups excluding carboxylic acids is 2. The van der Waals surface area contributed by atoms with Gasteiger partial charge in [-0.25, -0.2) is 0 Å². The molecule has 0 spiro atoms. The van der Waals surface area contributed by atoms with Gasteiger partial charge < -0.3 is 4.74 Å². The smallest absolute Gasteiger partial charge is 0.306 e. The Labute approximate surface area is 151 Å². The zero-order chi connectivity index (χ0) is 18.7. The maximum atomic E-state index is 12.1. The van der Waals surface area contributed by atoms with Crippen LogP contribution < -0.4 is 0 Å². The van der Waals surface area contributed by atoms with Crippen LogP contribution in [0.1, 0.15) is 51.2 Å². The number of aryl methyl sites for hydroxylation is 1. The first-order chi connectivity index (χ1) is 12.0. The van der Waals surface area contributed by atoms with Gasteiger partial charge in [0.05, 0.1) is 0 Å². The van der Waals surface area contributed by atoms with Crippen LogP contribution in [0.25, 0.3) is 0 Å². The number of rotatable bonds is 11. The summed E-state index contributed by atoms with van der Waals surface area (Å²) in [6, 6.07) is 8.08. The second kappa shape index (κ2) is 11.4. The molecular formula is C22H30O3. The molecule has 0 amide bonds. The van der Waals surface area contributed by atoms with Crippen LogP contribution in [-0.2, 0) is 27.4 Å². The van der Waals surface area contributed by atoms with Crippen molar-refractivity contribution in [3.05, 3.63) is 60.2 Å². The van der Waals surface area contributed by atoms with E-state index in [0.717, 1.165) is 18.4 Å². The lowest BCUT2D eigenvalue weighted by Crippen LogP contribution is -2.21. The Morgan fingerprint density at radius 1 is 1.16 bits per heavy atom. The molecule has 2 unspecified atom stereocenters. The molecule has 1 aromatic carbocycles. The number of benzene rings is 1. The molecule has 0 bridgehead atoms. The average molecular weight is 342 g/mol. The van der Waals surface area contributed by atoms with Crippen LogP contribution >= 0.6 is 0 Å². The van der Waals surface area contributed by atoms with Crippen molar-refractivity contribution in [1.82, 2.24) is 0 Å². The van der Waals surface area contributed by atoms with Crippen molar-refractivity contribution in [2.24, 2.45) is 11.8 Å². The molecule has 2 atom stereocenters. The normalized spacial score (nSPS) is 13.4. The molecule has 1 aromatic rings. The Balaban J connectivity index is 2.49. The largest absolute Gasteiger partial charge is 0.461 e. The summed E-state index contributed by atoms with van der Waals surface area (Å²) in [5, 5.41) is 0. The van der Waals surface area contributed by atoms with Crippen LogP contribution in [0.5, 0.6) is 0 Å². The van der Waals surface area contributed by atoms with Crippen molar-refractivity contribution in [2.45, 2.75) is 53.1 Å². The lowest BCUT2D eigenvalue weighted by molar-refractivity contribution is -0.145. The molecule has 0 saturated carbocycles. The molecule has 0 aliphatic rings. The zero-order valence-corrected chi connectivity index (χ0v) is 15.7. The first kappa shape index (κ1) is 20.9. The van der Waals surface area contributed by atoms with Gasteiger partial charge in [-0.1, -0.05) is 50.3 Å². The van der Waals surface area contributed by atoms with E-state index in [9.17, 15) is 9.59 Å². The van der Waals surface area contributed by atoms with E-state index < -0.39 is 0 Å². The Kier molecular flexibility index (Phi) is 9.53. The standard InChI is InChI=1S/C22H30O3/c1-5-9-21(23)20(8-4)19(7-3)14-15-22(24)25-16-18-12-10-17(6-2)11-13-18/h5,7,9-13,19-20H,3,6,8,14-16H2,1-2,4H3. The third-order valence-corrected chi connectivity index (χ3v) is 4.47. The van der Waals surface area contributed by atoms with Crippen LogP contribution in [0, 0.1) is 11.8 Å². The van der Waals surface area contributed by atoms with Crippen molar-refractivity contribution >= 4 is 11.8 Å². The molecular weight excluding hydrogens is 312 g/mol. The Bertz CT molecular complexity index is 584. The highest BCUT2D eigenvalue weighted by Crippen LogP contribution is 2.24. The van der Waals surface area contributed by atoms with E-state index in [1.165, 1.54) is 5.56 Å². The average Bonchev–Trinajstić information content (AvgIpc) is 2.63. The second-order valence-electron chi connectivity index (χ2n) is 6.19. The fraction of sp³-hybridized carbons (Fsp3) is 0.455. The monoisotopic (exact) mass is 342 g/mol. The lowest BCUT2D eigenvalue weighted by atomic mass is 9.83. The molecule has 0 radical (unpaired) electrons. The maximum Gasteiger partial charge on any atom is 0.306 e. The predicted octanol–water partition coefficient (Wildman–Crippen LogP) is 5.05. The van der Waals surface area contributed by atoms with E-state index in [2.05, 4.69) is 25.6 Å². The van der Waals surface area contributed by atoms with Gasteiger partial charge in [0.25, 0.3) is 0 Å². The minimum Gasteiger partial charge on any atom is -0.461 e. The first-order valence-corrected chi connectivity index (χ1v) is 9.08. The van der Waals surface area contributed by atoms with Gasteiger partial charge in [0.1, 0.15) is 6.61 Å². The first-order valence-electron chi connectivity index (χ1n) is 9.08. The molecule has 0 heterocycles. The molecule has 25 heavy (non-hydrogen) atoms. The minimum absolute atomic E-state index is 0.00918. The van der Waals surface area contributed by atoms with E-state index in [4.69, 9.17) is 4.74 Å². The van der Waals surface area contributed by atoms with E-state index >= 15 is 0 Å². The van der Waals surface area contributed by atoms with Crippen LogP contribution in [0.4, 0.5) is 0 Å². The summed E-state index contributed by atoms with van der Waals surface area (Å²) in [6.45, 7) is 10.0. The van der Waals surface area contributed by atoms with Crippen molar-refractivity contribution < 1.29 is 14.3 Å². The Morgan fingerprint density at radius 3 is 2.32 bits per heavy atom. The number of hydrogen-bond acceptors (Lipinski definition) is 3. The minimum atomic E-state index is -0.236. The number of carbonyl (C=O) groups is 2. The number of esters is 1. The molecule has 3 nitrogen and oxygen atoms in total. The molecule has 0 aliphatic heterocycles. The van der Waals surface area contributed by atoms with Gasteiger partial charge in [-0.2, -0.15) is 0 Å².